The zero-order valence-corrected chi connectivity index (χ0v) is 16.3. The van der Waals surface area contributed by atoms with Gasteiger partial charge in [-0.2, -0.15) is 0 Å². The summed E-state index contributed by atoms with van der Waals surface area (Å²) in [6.07, 6.45) is 1.21. The Morgan fingerprint density at radius 3 is 2.29 bits per heavy atom. The Balaban J connectivity index is 1.67. The quantitative estimate of drug-likeness (QED) is 0.708. The minimum absolute atomic E-state index is 0.00535. The van der Waals surface area contributed by atoms with E-state index in [0.29, 0.717) is 22.7 Å². The van der Waals surface area contributed by atoms with Crippen LogP contribution in [0.3, 0.4) is 0 Å². The van der Waals surface area contributed by atoms with E-state index in [1.165, 1.54) is 6.26 Å². The van der Waals surface area contributed by atoms with Gasteiger partial charge in [0.05, 0.1) is 17.0 Å². The van der Waals surface area contributed by atoms with Gasteiger partial charge in [0.25, 0.3) is 5.91 Å². The van der Waals surface area contributed by atoms with Gasteiger partial charge < -0.3 is 10.1 Å². The molecule has 1 aliphatic rings. The average molecular weight is 393 g/mol. The van der Waals surface area contributed by atoms with Gasteiger partial charge >= 0.3 is 0 Å². The predicted molar refractivity (Wildman–Crippen MR) is 110 cm³/mol. The van der Waals surface area contributed by atoms with Crippen molar-refractivity contribution < 1.29 is 17.9 Å². The number of carbonyl (C=O) groups is 1. The standard InChI is InChI=1S/C22H19NO4S/c1-14-3-9-21-19(11-14)23-22(24)18-12-17(8-10-20(18)27-21)16-6-4-15(5-7-16)13-28(2,25)26/h3-12H,13H2,1-2H3,(H,23,24). The number of sulfone groups is 1. The zero-order valence-electron chi connectivity index (χ0n) is 15.5. The molecule has 6 heteroatoms. The smallest absolute Gasteiger partial charge is 0.259 e. The maximum absolute atomic E-state index is 12.7. The fourth-order valence-electron chi connectivity index (χ4n) is 3.21. The molecule has 4 rings (SSSR count). The third-order valence-corrected chi connectivity index (χ3v) is 5.40. The van der Waals surface area contributed by atoms with Gasteiger partial charge in [0.15, 0.2) is 15.6 Å². The van der Waals surface area contributed by atoms with Crippen molar-refractivity contribution in [1.29, 1.82) is 0 Å². The first kappa shape index (κ1) is 18.3. The second-order valence-corrected chi connectivity index (χ2v) is 9.17. The monoisotopic (exact) mass is 393 g/mol. The lowest BCUT2D eigenvalue weighted by molar-refractivity contribution is 0.102. The molecule has 1 heterocycles. The Hall–Kier alpha value is -3.12. The van der Waals surface area contributed by atoms with Crippen LogP contribution in [-0.4, -0.2) is 20.6 Å². The normalized spacial score (nSPS) is 13.0. The van der Waals surface area contributed by atoms with Crippen molar-refractivity contribution in [1.82, 2.24) is 0 Å². The van der Waals surface area contributed by atoms with E-state index in [4.69, 9.17) is 4.74 Å². The van der Waals surface area contributed by atoms with Gasteiger partial charge in [0, 0.05) is 6.26 Å². The Labute approximate surface area is 163 Å². The van der Waals surface area contributed by atoms with Crippen molar-refractivity contribution in [3.8, 4) is 22.6 Å². The molecule has 0 aromatic heterocycles. The first-order valence-corrected chi connectivity index (χ1v) is 10.9. The third-order valence-electron chi connectivity index (χ3n) is 4.54. The maximum Gasteiger partial charge on any atom is 0.259 e. The van der Waals surface area contributed by atoms with Gasteiger partial charge in [-0.15, -0.1) is 0 Å². The van der Waals surface area contributed by atoms with E-state index in [1.54, 1.807) is 24.3 Å². The summed E-state index contributed by atoms with van der Waals surface area (Å²) >= 11 is 0. The molecule has 1 N–H and O–H groups in total. The van der Waals surface area contributed by atoms with E-state index in [1.807, 2.05) is 43.3 Å². The molecule has 0 saturated carbocycles. The van der Waals surface area contributed by atoms with Gasteiger partial charge in [-0.3, -0.25) is 4.79 Å². The predicted octanol–water partition coefficient (Wildman–Crippen LogP) is 4.56. The second kappa shape index (κ2) is 6.80. The molecule has 0 saturated heterocycles. The van der Waals surface area contributed by atoms with Crippen LogP contribution < -0.4 is 10.1 Å². The molecule has 3 aromatic carbocycles. The highest BCUT2D eigenvalue weighted by Crippen LogP contribution is 2.37. The molecule has 0 aliphatic carbocycles. The van der Waals surface area contributed by atoms with E-state index >= 15 is 0 Å². The maximum atomic E-state index is 12.7. The second-order valence-electron chi connectivity index (χ2n) is 7.03. The summed E-state index contributed by atoms with van der Waals surface area (Å²) in [6.45, 7) is 1.95. The topological polar surface area (TPSA) is 72.5 Å². The molecule has 1 amide bonds. The van der Waals surface area contributed by atoms with Crippen molar-refractivity contribution in [2.45, 2.75) is 12.7 Å². The van der Waals surface area contributed by atoms with Crippen molar-refractivity contribution in [2.75, 3.05) is 11.6 Å². The van der Waals surface area contributed by atoms with Crippen molar-refractivity contribution in [3.63, 3.8) is 0 Å². The number of amides is 1. The average Bonchev–Trinajstić information content (AvgIpc) is 2.76. The van der Waals surface area contributed by atoms with Gasteiger partial charge in [0.1, 0.15) is 5.75 Å². The van der Waals surface area contributed by atoms with Crippen molar-refractivity contribution >= 4 is 21.4 Å². The van der Waals surface area contributed by atoms with Gasteiger partial charge in [-0.1, -0.05) is 36.4 Å². The molecule has 0 spiro atoms. The highest BCUT2D eigenvalue weighted by Gasteiger charge is 2.21. The van der Waals surface area contributed by atoms with Crippen LogP contribution in [0.1, 0.15) is 21.5 Å². The number of benzene rings is 3. The number of carbonyl (C=O) groups excluding carboxylic acids is 1. The van der Waals surface area contributed by atoms with E-state index in [2.05, 4.69) is 5.32 Å². The van der Waals surface area contributed by atoms with Crippen molar-refractivity contribution in [3.05, 3.63) is 77.4 Å². The minimum Gasteiger partial charge on any atom is -0.454 e. The van der Waals surface area contributed by atoms with E-state index < -0.39 is 9.84 Å². The molecule has 28 heavy (non-hydrogen) atoms. The molecule has 0 atom stereocenters. The highest BCUT2D eigenvalue weighted by molar-refractivity contribution is 7.89. The van der Waals surface area contributed by atoms with Crippen LogP contribution in [0, 0.1) is 6.92 Å². The summed E-state index contributed by atoms with van der Waals surface area (Å²) in [4.78, 5) is 12.7. The Bertz CT molecular complexity index is 1180. The van der Waals surface area contributed by atoms with Crippen molar-refractivity contribution in [2.24, 2.45) is 0 Å². The summed E-state index contributed by atoms with van der Waals surface area (Å²) < 4.78 is 28.8. The molecular formula is C22H19NO4S. The summed E-state index contributed by atoms with van der Waals surface area (Å²) in [6, 6.07) is 18.4. The van der Waals surface area contributed by atoms with Crippen LogP contribution in [0.4, 0.5) is 5.69 Å². The fourth-order valence-corrected chi connectivity index (χ4v) is 4.01. The third kappa shape index (κ3) is 3.77. The first-order chi connectivity index (χ1) is 13.3. The number of nitrogens with one attached hydrogen (secondary N) is 1. The largest absolute Gasteiger partial charge is 0.454 e. The molecule has 5 nitrogen and oxygen atoms in total. The van der Waals surface area contributed by atoms with Crippen LogP contribution in [0.2, 0.25) is 0 Å². The van der Waals surface area contributed by atoms with Crippen LogP contribution in [0.25, 0.3) is 11.1 Å². The molecule has 0 fully saturated rings. The lowest BCUT2D eigenvalue weighted by Crippen LogP contribution is -2.10. The van der Waals surface area contributed by atoms with Gasteiger partial charge in [0.2, 0.25) is 0 Å². The fraction of sp³-hybridized carbons (Fsp3) is 0.136. The number of aryl methyl sites for hydroxylation is 1. The van der Waals surface area contributed by atoms with Crippen LogP contribution in [-0.2, 0) is 15.6 Å². The molecule has 0 bridgehead atoms. The molecule has 0 unspecified atom stereocenters. The SMILES string of the molecule is Cc1ccc2c(c1)NC(=O)c1cc(-c3ccc(CS(C)(=O)=O)cc3)ccc1O2. The molecule has 0 radical (unpaired) electrons. The molecular weight excluding hydrogens is 374 g/mol. The zero-order chi connectivity index (χ0) is 19.9. The van der Waals surface area contributed by atoms with Gasteiger partial charge in [-0.25, -0.2) is 8.42 Å². The lowest BCUT2D eigenvalue weighted by Gasteiger charge is -2.10. The minimum atomic E-state index is -3.08. The molecule has 142 valence electrons. The number of fused-ring (bicyclic) bond motifs is 2. The number of anilines is 1. The Morgan fingerprint density at radius 1 is 0.893 bits per heavy atom. The number of rotatable bonds is 3. The van der Waals surface area contributed by atoms with E-state index in [9.17, 15) is 13.2 Å². The molecule has 1 aliphatic heterocycles. The summed E-state index contributed by atoms with van der Waals surface area (Å²) in [5.41, 5.74) is 4.60. The van der Waals surface area contributed by atoms with Crippen LogP contribution in [0.5, 0.6) is 11.5 Å². The number of hydrogen-bond donors (Lipinski definition) is 1. The van der Waals surface area contributed by atoms with E-state index in [-0.39, 0.29) is 11.7 Å². The van der Waals surface area contributed by atoms with Crippen LogP contribution in [0.15, 0.2) is 60.7 Å². The van der Waals surface area contributed by atoms with Crippen LogP contribution >= 0.6 is 0 Å². The molecule has 3 aromatic rings. The number of ether oxygens (including phenoxy) is 1. The lowest BCUT2D eigenvalue weighted by atomic mass is 10.0. The summed E-state index contributed by atoms with van der Waals surface area (Å²) in [5, 5.41) is 2.90. The van der Waals surface area contributed by atoms with Gasteiger partial charge in [-0.05, 0) is 53.4 Å². The Kier molecular flexibility index (Phi) is 4.43. The number of hydrogen-bond acceptors (Lipinski definition) is 4. The summed E-state index contributed by atoms with van der Waals surface area (Å²) in [5.74, 6) is 0.883. The van der Waals surface area contributed by atoms with E-state index in [0.717, 1.165) is 22.3 Å². The first-order valence-electron chi connectivity index (χ1n) is 8.79. The summed E-state index contributed by atoms with van der Waals surface area (Å²) in [7, 11) is -3.08. The highest BCUT2D eigenvalue weighted by atomic mass is 32.2. The Morgan fingerprint density at radius 2 is 1.57 bits per heavy atom.